The van der Waals surface area contributed by atoms with Crippen LogP contribution in [-0.4, -0.2) is 149 Å². The molecule has 6 aromatic carbocycles. The van der Waals surface area contributed by atoms with Gasteiger partial charge in [-0.25, -0.2) is 26.3 Å². The van der Waals surface area contributed by atoms with E-state index in [1.165, 1.54) is 54.6 Å². The van der Waals surface area contributed by atoms with Gasteiger partial charge in [-0.05, 0) is 121 Å². The maximum atomic E-state index is 17.9. The maximum absolute atomic E-state index is 17.9. The largest absolute Gasteiger partial charge is 0.508 e. The molecule has 5 atom stereocenters. The van der Waals surface area contributed by atoms with E-state index in [4.69, 9.17) is 41.8 Å². The molecule has 8 heterocycles. The smallest absolute Gasteiger partial charge is 0.319 e. The third-order valence-electron chi connectivity index (χ3n) is 18.4. The lowest BCUT2D eigenvalue weighted by molar-refractivity contribution is 0.0830. The first-order chi connectivity index (χ1) is 41.2. The molecule has 6 fully saturated rings. The fourth-order valence-electron chi connectivity index (χ4n) is 14.6. The number of morpholine rings is 1. The van der Waals surface area contributed by atoms with Crippen molar-refractivity contribution in [2.45, 2.75) is 74.4 Å². The van der Waals surface area contributed by atoms with Crippen molar-refractivity contribution in [1.29, 1.82) is 0 Å². The zero-order valence-electron chi connectivity index (χ0n) is 46.3. The predicted octanol–water partition coefficient (Wildman–Crippen LogP) is 10.9. The van der Waals surface area contributed by atoms with Gasteiger partial charge in [0, 0.05) is 84.8 Å². The van der Waals surface area contributed by atoms with Crippen molar-refractivity contribution in [3.05, 3.63) is 107 Å². The molecule has 0 spiro atoms. The molecule has 14 nitrogen and oxygen atoms in total. The third-order valence-corrected chi connectivity index (χ3v) is 18.4. The maximum Gasteiger partial charge on any atom is 0.319 e. The first-order valence-corrected chi connectivity index (χ1v) is 28.8. The van der Waals surface area contributed by atoms with Crippen molar-refractivity contribution in [3.8, 4) is 70.5 Å². The zero-order chi connectivity index (χ0) is 58.5. The molecule has 2 N–H and O–H groups in total. The van der Waals surface area contributed by atoms with Crippen LogP contribution >= 0.6 is 0 Å². The number of fused-ring (bicyclic) bond motifs is 6. The minimum Gasteiger partial charge on any atom is -0.508 e. The highest BCUT2D eigenvalue weighted by atomic mass is 19.2. The number of terminal acetylenes is 2. The number of ether oxygens (including phenoxy) is 4. The van der Waals surface area contributed by atoms with Crippen LogP contribution in [0.1, 0.15) is 67.7 Å². The van der Waals surface area contributed by atoms with E-state index in [2.05, 4.69) is 26.7 Å². The van der Waals surface area contributed by atoms with Crippen molar-refractivity contribution in [2.75, 3.05) is 95.3 Å². The van der Waals surface area contributed by atoms with E-state index in [0.29, 0.717) is 119 Å². The molecule has 6 aliphatic heterocycles. The highest BCUT2D eigenvalue weighted by Crippen LogP contribution is 2.53. The standard InChI is InChI=1S/C65H58F6N8O6/c1-3-40-50(67)13-8-36-26-38(80)27-46(53(36)40)42-9-11-45-58(55(42)70)73-63(75-61(45)77-20-24-83-25-21-77)85-35-65-15-6-18-79(65)59(52(69)32-65)49-30-51(68)41(4-2)54-47(28-39(81)29-48(49)54)43-10-12-44-57(56(43)71)72-62(74-60(44)76-16-7-22-82-23-19-76)84-34-64-14-5-17-78(64)33-37(66)31-64/h1-2,8-13,26-30,37,52,59,80-81H,5-7,14-25,31-35H2/t37-,52-,59?,64+,65+/m1/s1. The number of nitrogens with zero attached hydrogens (tertiary/aromatic N) is 8. The van der Waals surface area contributed by atoms with Gasteiger partial charge in [0.05, 0.1) is 48.1 Å². The van der Waals surface area contributed by atoms with Crippen molar-refractivity contribution in [3.63, 3.8) is 0 Å². The number of phenols is 2. The number of rotatable bonds is 11. The van der Waals surface area contributed by atoms with Gasteiger partial charge in [0.2, 0.25) is 0 Å². The van der Waals surface area contributed by atoms with Gasteiger partial charge in [-0.1, -0.05) is 30.0 Å². The first-order valence-electron chi connectivity index (χ1n) is 28.8. The summed E-state index contributed by atoms with van der Waals surface area (Å²) in [5.41, 5.74) is -1.86. The molecule has 0 saturated carbocycles. The van der Waals surface area contributed by atoms with E-state index >= 15 is 22.0 Å². The number of halogens is 6. The Balaban J connectivity index is 0.835. The average molecular weight is 1160 g/mol. The lowest BCUT2D eigenvalue weighted by Gasteiger charge is -2.35. The van der Waals surface area contributed by atoms with E-state index < -0.39 is 52.7 Å². The molecular formula is C65H58F6N8O6. The summed E-state index contributed by atoms with van der Waals surface area (Å²) in [4.78, 5) is 27.0. The number of aromatic nitrogens is 4. The average Bonchev–Trinajstić information content (AvgIpc) is 1.89. The number of hydrogen-bond acceptors (Lipinski definition) is 14. The molecule has 436 valence electrons. The summed E-state index contributed by atoms with van der Waals surface area (Å²) < 4.78 is 124. The minimum atomic E-state index is -1.63. The van der Waals surface area contributed by atoms with Crippen LogP contribution in [0.2, 0.25) is 0 Å². The van der Waals surface area contributed by atoms with Crippen LogP contribution < -0.4 is 19.3 Å². The van der Waals surface area contributed by atoms with Gasteiger partial charge in [0.25, 0.3) is 0 Å². The highest BCUT2D eigenvalue weighted by molar-refractivity contribution is 6.06. The third kappa shape index (κ3) is 9.22. The van der Waals surface area contributed by atoms with E-state index in [9.17, 15) is 14.6 Å². The number of alkyl halides is 2. The Morgan fingerprint density at radius 2 is 1.18 bits per heavy atom. The molecule has 8 aromatic rings. The van der Waals surface area contributed by atoms with Gasteiger partial charge in [0.15, 0.2) is 11.6 Å². The van der Waals surface area contributed by atoms with Gasteiger partial charge >= 0.3 is 12.0 Å². The van der Waals surface area contributed by atoms with Crippen LogP contribution in [0, 0.1) is 48.0 Å². The van der Waals surface area contributed by atoms with Crippen molar-refractivity contribution in [1.82, 2.24) is 29.7 Å². The number of benzene rings is 6. The van der Waals surface area contributed by atoms with Gasteiger partial charge < -0.3 is 39.0 Å². The molecule has 1 unspecified atom stereocenters. The van der Waals surface area contributed by atoms with Crippen molar-refractivity contribution in [2.24, 2.45) is 0 Å². The zero-order valence-corrected chi connectivity index (χ0v) is 46.3. The molecule has 6 aliphatic rings. The SMILES string of the molecule is C#Cc1c(F)ccc2cc(O)cc(-c3ccc4c(N5CCOCC5)nc(OC[C@@]56CCCN5C(c5cc(F)c(C#C)c7c(-c8ccc9c(N%10CCCOCC%10)nc(OC[C@@]%10%11CCCN%10C[C@H](F)C%11)nc9c8F)cc(O)cc57)[C@H](F)C6)nc4c3F)c12. The highest BCUT2D eigenvalue weighted by Gasteiger charge is 2.56. The van der Waals surface area contributed by atoms with Crippen molar-refractivity contribution >= 4 is 55.0 Å². The molecule has 6 saturated heterocycles. The lowest BCUT2D eigenvalue weighted by Crippen LogP contribution is -2.44. The number of aromatic hydroxyl groups is 2. The van der Waals surface area contributed by atoms with Crippen LogP contribution in [0.15, 0.2) is 66.7 Å². The van der Waals surface area contributed by atoms with Crippen LogP contribution in [-0.2, 0) is 9.47 Å². The van der Waals surface area contributed by atoms with E-state index in [1.807, 2.05) is 14.7 Å². The van der Waals surface area contributed by atoms with E-state index in [-0.39, 0.29) is 109 Å². The molecule has 20 heteroatoms. The van der Waals surface area contributed by atoms with Gasteiger partial charge in [-0.15, -0.1) is 12.8 Å². The molecule has 14 rings (SSSR count). The summed E-state index contributed by atoms with van der Waals surface area (Å²) in [6, 6.07) is 14.2. The molecule has 0 amide bonds. The van der Waals surface area contributed by atoms with Gasteiger partial charge in [-0.3, -0.25) is 9.80 Å². The summed E-state index contributed by atoms with van der Waals surface area (Å²) in [6.45, 7) is 4.86. The number of phenolic OH excluding ortho intramolecular Hbond substituents is 2. The Labute approximate surface area is 485 Å². The lowest BCUT2D eigenvalue weighted by atomic mass is 9.87. The molecule has 0 bridgehead atoms. The van der Waals surface area contributed by atoms with Gasteiger partial charge in [0.1, 0.15) is 71.4 Å². The normalized spacial score (nSPS) is 23.6. The van der Waals surface area contributed by atoms with E-state index in [1.54, 1.807) is 12.1 Å². The molecule has 2 aromatic heterocycles. The fourth-order valence-corrected chi connectivity index (χ4v) is 14.6. The Hall–Kier alpha value is -8.14. The number of hydrogen-bond donors (Lipinski definition) is 2. The fraction of sp³-hybridized carbons (Fsp3) is 0.385. The summed E-state index contributed by atoms with van der Waals surface area (Å²) >= 11 is 0. The molecule has 0 aliphatic carbocycles. The van der Waals surface area contributed by atoms with Crippen LogP contribution in [0.25, 0.3) is 65.6 Å². The Morgan fingerprint density at radius 1 is 0.588 bits per heavy atom. The minimum absolute atomic E-state index is 0.0179. The van der Waals surface area contributed by atoms with Crippen LogP contribution in [0.5, 0.6) is 23.5 Å². The van der Waals surface area contributed by atoms with Gasteiger partial charge in [-0.2, -0.15) is 19.9 Å². The second kappa shape index (κ2) is 21.4. The summed E-state index contributed by atoms with van der Waals surface area (Å²) in [7, 11) is 0. The monoisotopic (exact) mass is 1160 g/mol. The molecule has 0 radical (unpaired) electrons. The molecular weight excluding hydrogens is 1100 g/mol. The predicted molar refractivity (Wildman–Crippen MR) is 310 cm³/mol. The summed E-state index contributed by atoms with van der Waals surface area (Å²) in [5.74, 6) is 1.93. The molecule has 85 heavy (non-hydrogen) atoms. The Bertz CT molecular complexity index is 4130. The van der Waals surface area contributed by atoms with Crippen LogP contribution in [0.3, 0.4) is 0 Å². The Morgan fingerprint density at radius 3 is 1.85 bits per heavy atom. The van der Waals surface area contributed by atoms with Crippen LogP contribution in [0.4, 0.5) is 38.0 Å². The van der Waals surface area contributed by atoms with Crippen molar-refractivity contribution < 1.29 is 55.5 Å². The summed E-state index contributed by atoms with van der Waals surface area (Å²) in [6.07, 6.45) is 12.8. The quantitative estimate of drug-likeness (QED) is 0.0937. The topological polar surface area (TPSA) is 142 Å². The second-order valence-corrected chi connectivity index (χ2v) is 23.2. The number of anilines is 2. The second-order valence-electron chi connectivity index (χ2n) is 23.2. The van der Waals surface area contributed by atoms with E-state index in [0.717, 1.165) is 19.4 Å². The Kier molecular flexibility index (Phi) is 13.8. The first kappa shape index (κ1) is 54.8. The summed E-state index contributed by atoms with van der Waals surface area (Å²) in [5, 5.41) is 24.1.